The lowest BCUT2D eigenvalue weighted by molar-refractivity contribution is -0.408. The number of aliphatic hydroxyl groups excluding tert-OH is 33. The third-order valence-electron chi connectivity index (χ3n) is 23.7. The summed E-state index contributed by atoms with van der Waals surface area (Å²) in [5.74, 6) is -1.82. The molecule has 0 aromatic rings. The van der Waals surface area contributed by atoms with Crippen molar-refractivity contribution in [1.29, 1.82) is 0 Å². The highest BCUT2D eigenvalue weighted by atomic mass is 16.8. The van der Waals surface area contributed by atoms with Gasteiger partial charge in [-0.1, -0.05) is 0 Å². The first-order valence-electron chi connectivity index (χ1n) is 40.7. The van der Waals surface area contributed by atoms with Crippen molar-refractivity contribution in [3.8, 4) is 0 Å². The first kappa shape index (κ1) is 105. The molecule has 0 radical (unpaired) electrons. The lowest BCUT2D eigenvalue weighted by Gasteiger charge is -2.51. The van der Waals surface area contributed by atoms with Crippen molar-refractivity contribution in [2.24, 2.45) is 0 Å². The van der Waals surface area contributed by atoms with E-state index < -0.39 is 422 Å². The topological polar surface area (TPSA) is 920 Å². The van der Waals surface area contributed by atoms with Gasteiger partial charge >= 0.3 is 0 Å². The number of amides is 2. The van der Waals surface area contributed by atoms with E-state index in [4.69, 9.17) is 99.5 Å². The van der Waals surface area contributed by atoms with Gasteiger partial charge in [-0.2, -0.15) is 0 Å². The predicted octanol–water partition coefficient (Wildman–Crippen LogP) is -24.7. The van der Waals surface area contributed by atoms with Crippen LogP contribution in [0.4, 0.5) is 0 Å². The van der Waals surface area contributed by atoms with Crippen LogP contribution in [0.25, 0.3) is 0 Å². The molecule has 2 amide bonds. The Hall–Kier alpha value is -3.22. The Balaban J connectivity index is 0.934. The fourth-order valence-corrected chi connectivity index (χ4v) is 16.3. The van der Waals surface area contributed by atoms with E-state index >= 15 is 0 Å². The van der Waals surface area contributed by atoms with E-state index in [9.17, 15) is 178 Å². The number of ether oxygens (including phenoxy) is 21. The molecule has 0 spiro atoms. The van der Waals surface area contributed by atoms with E-state index in [0.29, 0.717) is 0 Å². The van der Waals surface area contributed by atoms with Gasteiger partial charge in [0.05, 0.1) is 72.7 Å². The standard InChI is InChI=1S/C70H118N2O56/c1-14(80)71-27-38(91)54(21(8-78)112-60(27)107)123-61-28(72-15(2)81)39(92)55(22(9-79)118-61)124-67-53(106)56(125-69-59(46(99)33(86)19(6-76)116-69)128-70-58(45(98)32(85)20(7-77)117-70)127-65-51(104)42(95)31(84)18(5-75)115-65)37(90)26(121-67)13-111-68-57(126-66-52(105)44(97)35(88)24(120-66)11-109-63-49(102)41(94)30(83)17(4-74)114-63)47(100)36(89)25(122-68)12-110-64-50(103)43(96)34(87)23(119-64)10-108-62-48(101)40(93)29(82)16(3-73)113-62/h16-70,73-79,82-107H,3-13H2,1-2H3,(H,71,80)(H,72,81)/t16-,17-,18-,19-,20-,21-,22-,23-,24-,25-,26-,27-,28-,29-,30-,31-,32-,33-,34-,35-,36-,37-,38-,39-,40+,41+,42+,43+,44+,45+,46+,47+,48+,49+,50+,51+,52+,53+,54-,55-,56+,57+,58+,59+,60?,61+,62+,63+,64+,65-,66-,67+,68+,69-,70-/m1/s1. The van der Waals surface area contributed by atoms with Gasteiger partial charge in [0.2, 0.25) is 11.8 Å². The van der Waals surface area contributed by atoms with Crippen LogP contribution in [-0.2, 0) is 109 Å². The van der Waals surface area contributed by atoms with Crippen molar-refractivity contribution in [2.45, 2.75) is 351 Å². The van der Waals surface area contributed by atoms with E-state index in [1.54, 1.807) is 0 Å². The van der Waals surface area contributed by atoms with Crippen molar-refractivity contribution >= 4 is 11.8 Å². The maximum atomic E-state index is 13.1. The molecule has 11 heterocycles. The molecule has 55 atom stereocenters. The van der Waals surface area contributed by atoms with Crippen LogP contribution in [0.3, 0.4) is 0 Å². The third-order valence-corrected chi connectivity index (χ3v) is 23.7. The van der Waals surface area contributed by atoms with Crippen LogP contribution in [0.15, 0.2) is 0 Å². The summed E-state index contributed by atoms with van der Waals surface area (Å²) in [6.07, 6.45) is -115. The Morgan fingerprint density at radius 3 is 0.805 bits per heavy atom. The molecule has 58 heteroatoms. The number of carbonyl (C=O) groups excluding carboxylic acids is 2. The van der Waals surface area contributed by atoms with Gasteiger partial charge in [0.1, 0.15) is 268 Å². The van der Waals surface area contributed by atoms with Crippen LogP contribution in [0.2, 0.25) is 0 Å². The molecule has 0 bridgehead atoms. The summed E-state index contributed by atoms with van der Waals surface area (Å²) in [6, 6.07) is -3.70. The lowest BCUT2D eigenvalue weighted by Crippen LogP contribution is -2.70. The summed E-state index contributed by atoms with van der Waals surface area (Å²) >= 11 is 0. The van der Waals surface area contributed by atoms with Crippen LogP contribution in [-0.4, -0.2) is 591 Å². The predicted molar refractivity (Wildman–Crippen MR) is 386 cm³/mol. The Morgan fingerprint density at radius 2 is 0.430 bits per heavy atom. The van der Waals surface area contributed by atoms with Crippen LogP contribution in [0.5, 0.6) is 0 Å². The average Bonchev–Trinajstić information content (AvgIpc) is 0.739. The zero-order chi connectivity index (χ0) is 94.0. The summed E-state index contributed by atoms with van der Waals surface area (Å²) in [5, 5.41) is 370. The summed E-state index contributed by atoms with van der Waals surface area (Å²) in [5.41, 5.74) is 0. The molecule has 11 aliphatic rings. The molecule has 35 N–H and O–H groups in total. The van der Waals surface area contributed by atoms with Gasteiger partial charge in [0, 0.05) is 13.8 Å². The van der Waals surface area contributed by atoms with E-state index in [-0.39, 0.29) is 0 Å². The van der Waals surface area contributed by atoms with Crippen molar-refractivity contribution in [3.05, 3.63) is 0 Å². The molecule has 128 heavy (non-hydrogen) atoms. The number of aliphatic hydroxyl groups is 33. The smallest absolute Gasteiger partial charge is 0.217 e. The van der Waals surface area contributed by atoms with Gasteiger partial charge in [-0.25, -0.2) is 0 Å². The Labute approximate surface area is 722 Å². The van der Waals surface area contributed by atoms with Gasteiger partial charge < -0.3 is 279 Å². The highest BCUT2D eigenvalue weighted by Crippen LogP contribution is 2.41. The second-order valence-corrected chi connectivity index (χ2v) is 32.4. The molecule has 0 aromatic heterocycles. The Kier molecular flexibility index (Phi) is 37.7. The molecule has 11 fully saturated rings. The molecular weight excluding hydrogens is 1760 g/mol. The molecule has 0 aromatic carbocycles. The minimum atomic E-state index is -2.69. The normalized spacial score (nSPS) is 51.7. The van der Waals surface area contributed by atoms with Crippen molar-refractivity contribution < 1.29 is 278 Å². The minimum absolute atomic E-state index is 0.823. The quantitative estimate of drug-likeness (QED) is 0.0290. The average molecular weight is 1880 g/mol. The zero-order valence-electron chi connectivity index (χ0n) is 67.7. The molecule has 58 nitrogen and oxygen atoms in total. The van der Waals surface area contributed by atoms with Crippen molar-refractivity contribution in [2.75, 3.05) is 72.7 Å². The summed E-state index contributed by atoms with van der Waals surface area (Å²) in [7, 11) is 0. The Bertz CT molecular complexity index is 3380. The maximum Gasteiger partial charge on any atom is 0.217 e. The lowest BCUT2D eigenvalue weighted by atomic mass is 9.94. The highest BCUT2D eigenvalue weighted by molar-refractivity contribution is 5.73. The van der Waals surface area contributed by atoms with Crippen molar-refractivity contribution in [1.82, 2.24) is 10.6 Å². The molecule has 0 saturated carbocycles. The van der Waals surface area contributed by atoms with E-state index in [0.717, 1.165) is 13.8 Å². The van der Waals surface area contributed by atoms with Crippen LogP contribution in [0.1, 0.15) is 13.8 Å². The largest absolute Gasteiger partial charge is 0.394 e. The van der Waals surface area contributed by atoms with Gasteiger partial charge in [-0.3, -0.25) is 9.59 Å². The fourth-order valence-electron chi connectivity index (χ4n) is 16.3. The monoisotopic (exact) mass is 1880 g/mol. The summed E-state index contributed by atoms with van der Waals surface area (Å²) < 4.78 is 123. The fraction of sp³-hybridized carbons (Fsp3) is 0.971. The van der Waals surface area contributed by atoms with Crippen molar-refractivity contribution in [3.63, 3.8) is 0 Å². The number of carbonyl (C=O) groups is 2. The van der Waals surface area contributed by atoms with Crippen LogP contribution in [0, 0.1) is 0 Å². The summed E-state index contributed by atoms with van der Waals surface area (Å²) in [4.78, 5) is 25.3. The van der Waals surface area contributed by atoms with Gasteiger partial charge in [-0.15, -0.1) is 0 Å². The van der Waals surface area contributed by atoms with E-state index in [1.807, 2.05) is 0 Å². The van der Waals surface area contributed by atoms with Gasteiger partial charge in [0.25, 0.3) is 0 Å². The second-order valence-electron chi connectivity index (χ2n) is 32.4. The molecule has 1 unspecified atom stereocenters. The number of rotatable bonds is 33. The van der Waals surface area contributed by atoms with Crippen LogP contribution < -0.4 is 10.6 Å². The minimum Gasteiger partial charge on any atom is -0.394 e. The summed E-state index contributed by atoms with van der Waals surface area (Å²) in [6.45, 7) is -10.2. The maximum absolute atomic E-state index is 13.1. The van der Waals surface area contributed by atoms with Gasteiger partial charge in [0.15, 0.2) is 69.2 Å². The third kappa shape index (κ3) is 22.8. The highest BCUT2D eigenvalue weighted by Gasteiger charge is 2.62. The van der Waals surface area contributed by atoms with E-state index in [2.05, 4.69) is 10.6 Å². The van der Waals surface area contributed by atoms with E-state index in [1.165, 1.54) is 0 Å². The molecule has 0 aliphatic carbocycles. The molecule has 11 saturated heterocycles. The first-order chi connectivity index (χ1) is 60.6. The molecule has 11 aliphatic heterocycles. The number of hydrogen-bond acceptors (Lipinski definition) is 56. The second kappa shape index (κ2) is 45.8. The van der Waals surface area contributed by atoms with Gasteiger partial charge in [-0.05, 0) is 0 Å². The molecule has 744 valence electrons. The SMILES string of the molecule is CC(=O)N[C@H]1[C@H](O[C@H]2[C@H](O)[C@@H](NC(C)=O)C(O)O[C@@H]2CO)O[C@H](CO)[C@@H](O[C@@H]2O[C@H](CO[C@H]3O[C@H](CO[C@H]4O[C@H](CO[C@H]5O[C@H](CO)[C@@H](O)[C@H](O)[C@@H]5O)[C@@H](O)[C@H](O)[C@@H]4O)[C@@H](O)[C@H](O)[C@@H]3O[C@H]3O[C@H](CO[C@H]4O[C@H](CO)[C@@H](O)[C@H](O)[C@@H]4O)[C@@H](O)[C@H](O)[C@@H]3O)[C@@H](O)[C@H](O[C@H]3O[C@H](CO)[C@@H](O)[C@H](O)[C@@H]3O[C@H]3O[C@H](CO)[C@@H](O)[C@H](O)[C@@H]3O[C@H]3O[C@H](CO)[C@@H](O)[C@H](O)[C@@H]3O)[C@@H]2O)[C@@H]1O. The number of nitrogens with one attached hydrogen (secondary N) is 2. The number of hydrogen-bond donors (Lipinski definition) is 35. The Morgan fingerprint density at radius 1 is 0.203 bits per heavy atom. The van der Waals surface area contributed by atoms with Crippen LogP contribution >= 0.6 is 0 Å². The molecule has 11 rings (SSSR count). The first-order valence-corrected chi connectivity index (χ1v) is 40.7. The zero-order valence-corrected chi connectivity index (χ0v) is 67.7. The molecular formula is C70H118N2O56.